The van der Waals surface area contributed by atoms with Crippen molar-refractivity contribution in [3.63, 3.8) is 0 Å². The monoisotopic (exact) mass is 783 g/mol. The van der Waals surface area contributed by atoms with Crippen LogP contribution in [0.3, 0.4) is 0 Å². The molecule has 1 saturated heterocycles. The van der Waals surface area contributed by atoms with Gasteiger partial charge in [-0.05, 0) is 69.1 Å². The highest BCUT2D eigenvalue weighted by Gasteiger charge is 2.30. The fraction of sp³-hybridized carbons (Fsp3) is 0.268. The van der Waals surface area contributed by atoms with Crippen LogP contribution in [0.1, 0.15) is 48.3 Å². The molecular weight excluding hydrogens is 745 g/mol. The quantitative estimate of drug-likeness (QED) is 0.0888. The summed E-state index contributed by atoms with van der Waals surface area (Å²) in [4.78, 5) is 42.8. The number of hydrogen-bond acceptors (Lipinski definition) is 7. The zero-order valence-corrected chi connectivity index (χ0v) is 32.2. The molecule has 1 aliphatic rings. The number of amides is 1. The van der Waals surface area contributed by atoms with Gasteiger partial charge in [-0.15, -0.1) is 0 Å². The summed E-state index contributed by atoms with van der Waals surface area (Å²) < 4.78 is 6.96. The predicted octanol–water partition coefficient (Wildman–Crippen LogP) is 9.38. The van der Waals surface area contributed by atoms with Crippen molar-refractivity contribution in [1.82, 2.24) is 24.4 Å². The van der Waals surface area contributed by atoms with Gasteiger partial charge in [0.15, 0.2) is 5.82 Å². The molecule has 0 saturated carbocycles. The van der Waals surface area contributed by atoms with E-state index in [1.165, 1.54) is 0 Å². The summed E-state index contributed by atoms with van der Waals surface area (Å²) in [6.07, 6.45) is 6.03. The number of aromatic amines is 1. The molecule has 0 radical (unpaired) electrons. The van der Waals surface area contributed by atoms with Crippen LogP contribution in [0.4, 0.5) is 11.5 Å². The molecule has 13 heteroatoms. The first-order chi connectivity index (χ1) is 26.2. The molecule has 7 rings (SSSR count). The maximum absolute atomic E-state index is 14.7. The van der Waals surface area contributed by atoms with Crippen LogP contribution in [0.5, 0.6) is 0 Å². The molecule has 1 aliphatic heterocycles. The molecule has 3 aromatic heterocycles. The van der Waals surface area contributed by atoms with Gasteiger partial charge in [0.2, 0.25) is 0 Å². The first-order valence-corrected chi connectivity index (χ1v) is 19.0. The van der Waals surface area contributed by atoms with Crippen LogP contribution in [0.2, 0.25) is 15.1 Å². The van der Waals surface area contributed by atoms with Gasteiger partial charge < -0.3 is 29.4 Å². The standard InChI is InChI=1S/C41H40Cl3N7O3/c1-26(27-9-11-29(42)12-10-27)51-24-46-37(28-7-4-3-5-8-28)39(51)36-33-14-13-30(43)21-34(33)47-38(36)41(53)48-35-22-31(44)23-45-40(35)50-18-15-32(16-19-50)49(2)17-6-20-54-25-52/h3-5,7-14,21-26,32,47H,6,15-20H2,1-2H3,(H,48,53). The Morgan fingerprint density at radius 2 is 1.74 bits per heavy atom. The molecule has 4 heterocycles. The number of anilines is 2. The lowest BCUT2D eigenvalue weighted by Crippen LogP contribution is -2.44. The number of pyridine rings is 1. The van der Waals surface area contributed by atoms with Crippen LogP contribution in [0, 0.1) is 0 Å². The summed E-state index contributed by atoms with van der Waals surface area (Å²) in [6, 6.07) is 25.2. The van der Waals surface area contributed by atoms with Gasteiger partial charge in [0, 0.05) is 63.9 Å². The minimum atomic E-state index is -0.360. The van der Waals surface area contributed by atoms with E-state index < -0.39 is 0 Å². The van der Waals surface area contributed by atoms with E-state index in [1.54, 1.807) is 12.3 Å². The predicted molar refractivity (Wildman–Crippen MR) is 217 cm³/mol. The highest BCUT2D eigenvalue weighted by atomic mass is 35.5. The highest BCUT2D eigenvalue weighted by molar-refractivity contribution is 6.32. The van der Waals surface area contributed by atoms with Gasteiger partial charge >= 0.3 is 0 Å². The van der Waals surface area contributed by atoms with Gasteiger partial charge in [0.05, 0.1) is 41.1 Å². The lowest BCUT2D eigenvalue weighted by Gasteiger charge is -2.37. The van der Waals surface area contributed by atoms with E-state index in [-0.39, 0.29) is 11.9 Å². The molecule has 0 spiro atoms. The van der Waals surface area contributed by atoms with Crippen LogP contribution in [0.15, 0.2) is 91.4 Å². The molecule has 278 valence electrons. The molecule has 6 aromatic rings. The Hall–Kier alpha value is -4.87. The van der Waals surface area contributed by atoms with Gasteiger partial charge in [0.1, 0.15) is 5.69 Å². The Balaban J connectivity index is 1.26. The lowest BCUT2D eigenvalue weighted by molar-refractivity contribution is -0.128. The number of aromatic nitrogens is 4. The summed E-state index contributed by atoms with van der Waals surface area (Å²) in [7, 11) is 2.10. The number of rotatable bonds is 13. The second-order valence-electron chi connectivity index (χ2n) is 13.5. The van der Waals surface area contributed by atoms with E-state index in [1.807, 2.05) is 79.1 Å². The number of nitrogens with zero attached hydrogens (tertiary/aromatic N) is 5. The fourth-order valence-corrected chi connectivity index (χ4v) is 7.76. The highest BCUT2D eigenvalue weighted by Crippen LogP contribution is 2.42. The largest absolute Gasteiger partial charge is 0.468 e. The van der Waals surface area contributed by atoms with Crippen molar-refractivity contribution < 1.29 is 14.3 Å². The maximum Gasteiger partial charge on any atom is 0.293 e. The number of imidazole rings is 1. The number of piperidine rings is 1. The number of carbonyl (C=O) groups is 2. The molecule has 3 aromatic carbocycles. The fourth-order valence-electron chi connectivity index (χ4n) is 7.30. The number of fused-ring (bicyclic) bond motifs is 1. The van der Waals surface area contributed by atoms with Gasteiger partial charge in [-0.3, -0.25) is 9.59 Å². The van der Waals surface area contributed by atoms with E-state index in [4.69, 9.17) is 49.5 Å². The number of ether oxygens (including phenoxy) is 1. The first-order valence-electron chi connectivity index (χ1n) is 17.9. The smallest absolute Gasteiger partial charge is 0.293 e. The molecular formula is C41H40Cl3N7O3. The van der Waals surface area contributed by atoms with Crippen molar-refractivity contribution in [3.8, 4) is 22.5 Å². The topological polar surface area (TPSA) is 108 Å². The van der Waals surface area contributed by atoms with Crippen LogP contribution in [-0.4, -0.2) is 76.1 Å². The number of halogens is 3. The summed E-state index contributed by atoms with van der Waals surface area (Å²) in [5.74, 6) is 0.293. The average Bonchev–Trinajstić information content (AvgIpc) is 3.78. The van der Waals surface area contributed by atoms with Crippen molar-refractivity contribution in [2.24, 2.45) is 0 Å². The third-order valence-electron chi connectivity index (χ3n) is 10.1. The van der Waals surface area contributed by atoms with Crippen molar-refractivity contribution in [2.45, 2.75) is 38.3 Å². The molecule has 1 amide bonds. The maximum atomic E-state index is 14.7. The van der Waals surface area contributed by atoms with Gasteiger partial charge in [-0.25, -0.2) is 9.97 Å². The van der Waals surface area contributed by atoms with Gasteiger partial charge in [-0.1, -0.05) is 83.3 Å². The molecule has 1 atom stereocenters. The minimum Gasteiger partial charge on any atom is -0.468 e. The average molecular weight is 785 g/mol. The van der Waals surface area contributed by atoms with E-state index in [2.05, 4.69) is 38.6 Å². The van der Waals surface area contributed by atoms with Crippen molar-refractivity contribution in [2.75, 3.05) is 43.5 Å². The molecule has 10 nitrogen and oxygen atoms in total. The Kier molecular flexibility index (Phi) is 11.5. The Morgan fingerprint density at radius 1 is 1.00 bits per heavy atom. The zero-order chi connectivity index (χ0) is 37.8. The second kappa shape index (κ2) is 16.7. The first kappa shape index (κ1) is 37.4. The SMILES string of the molecule is CC(c1ccc(Cl)cc1)n1cnc(-c2ccccc2)c1-c1c(C(=O)Nc2cc(Cl)cnc2N2CCC(N(C)CCCOC=O)CC2)[nH]c2cc(Cl)ccc12. The minimum absolute atomic E-state index is 0.161. The number of benzene rings is 3. The number of nitrogens with one attached hydrogen (secondary N) is 2. The normalized spacial score (nSPS) is 14.1. The Morgan fingerprint density at radius 3 is 2.48 bits per heavy atom. The third kappa shape index (κ3) is 7.98. The van der Waals surface area contributed by atoms with Crippen LogP contribution in [0.25, 0.3) is 33.4 Å². The van der Waals surface area contributed by atoms with Crippen LogP contribution < -0.4 is 10.2 Å². The third-order valence-corrected chi connectivity index (χ3v) is 10.8. The second-order valence-corrected chi connectivity index (χ2v) is 14.8. The van der Waals surface area contributed by atoms with E-state index in [0.29, 0.717) is 62.5 Å². The Labute approximate surface area is 329 Å². The van der Waals surface area contributed by atoms with Crippen molar-refractivity contribution in [1.29, 1.82) is 0 Å². The molecule has 2 N–H and O–H groups in total. The van der Waals surface area contributed by atoms with Gasteiger partial charge in [-0.2, -0.15) is 0 Å². The van der Waals surface area contributed by atoms with Crippen molar-refractivity contribution >= 4 is 69.6 Å². The zero-order valence-electron chi connectivity index (χ0n) is 29.9. The summed E-state index contributed by atoms with van der Waals surface area (Å²) in [5, 5.41) is 5.59. The molecule has 1 unspecified atom stereocenters. The molecule has 54 heavy (non-hydrogen) atoms. The molecule has 0 aliphatic carbocycles. The summed E-state index contributed by atoms with van der Waals surface area (Å²) in [6.45, 7) is 5.32. The number of H-pyrrole nitrogens is 1. The number of carbonyl (C=O) groups excluding carboxylic acids is 2. The van der Waals surface area contributed by atoms with Crippen molar-refractivity contribution in [3.05, 3.63) is 118 Å². The van der Waals surface area contributed by atoms with E-state index >= 15 is 0 Å². The summed E-state index contributed by atoms with van der Waals surface area (Å²) >= 11 is 19.3. The molecule has 1 fully saturated rings. The van der Waals surface area contributed by atoms with Gasteiger partial charge in [0.25, 0.3) is 12.4 Å². The number of hydrogen-bond donors (Lipinski definition) is 2. The molecule has 0 bridgehead atoms. The lowest BCUT2D eigenvalue weighted by atomic mass is 9.99. The Bertz CT molecular complexity index is 2250. The van der Waals surface area contributed by atoms with Crippen LogP contribution in [-0.2, 0) is 9.53 Å². The summed E-state index contributed by atoms with van der Waals surface area (Å²) in [5.41, 5.74) is 5.71. The van der Waals surface area contributed by atoms with E-state index in [9.17, 15) is 9.59 Å². The van der Waals surface area contributed by atoms with Crippen LogP contribution >= 0.6 is 34.8 Å². The van der Waals surface area contributed by atoms with E-state index in [0.717, 1.165) is 66.8 Å².